The van der Waals surface area contributed by atoms with Gasteiger partial charge in [-0.05, 0) is 24.1 Å². The van der Waals surface area contributed by atoms with E-state index < -0.39 is 0 Å². The van der Waals surface area contributed by atoms with E-state index in [1.807, 2.05) is 24.3 Å². The molecule has 5 heteroatoms. The van der Waals surface area contributed by atoms with Gasteiger partial charge in [-0.3, -0.25) is 4.79 Å². The molecule has 0 unspecified atom stereocenters. The van der Waals surface area contributed by atoms with E-state index in [0.717, 1.165) is 12.1 Å². The highest BCUT2D eigenvalue weighted by atomic mass is 16.1. The van der Waals surface area contributed by atoms with Gasteiger partial charge in [-0.25, -0.2) is 4.99 Å². The van der Waals surface area contributed by atoms with Crippen LogP contribution in [0, 0.1) is 0 Å². The number of hydrogen-bond donors (Lipinski definition) is 3. The smallest absolute Gasteiger partial charge is 0.246 e. The Morgan fingerprint density at radius 2 is 2.32 bits per heavy atom. The Hall–Kier alpha value is -2.30. The Balaban J connectivity index is 2.48. The molecule has 0 heterocycles. The Morgan fingerprint density at radius 3 is 3.00 bits per heavy atom. The average Bonchev–Trinajstić information content (AvgIpc) is 2.43. The van der Waals surface area contributed by atoms with Crippen molar-refractivity contribution in [3.8, 4) is 0 Å². The zero-order valence-electron chi connectivity index (χ0n) is 11.1. The highest BCUT2D eigenvalue weighted by Gasteiger charge is 2.02. The highest BCUT2D eigenvalue weighted by molar-refractivity contribution is 5.93. The fraction of sp³-hybridized carbons (Fsp3) is 0.286. The Morgan fingerprint density at radius 1 is 1.53 bits per heavy atom. The normalized spacial score (nSPS) is 10.9. The van der Waals surface area contributed by atoms with Crippen molar-refractivity contribution in [3.05, 3.63) is 42.5 Å². The van der Waals surface area contributed by atoms with Gasteiger partial charge in [0.2, 0.25) is 5.91 Å². The van der Waals surface area contributed by atoms with Crippen LogP contribution in [-0.4, -0.2) is 25.0 Å². The monoisotopic (exact) mass is 260 g/mol. The van der Waals surface area contributed by atoms with Gasteiger partial charge in [0.1, 0.15) is 6.54 Å². The summed E-state index contributed by atoms with van der Waals surface area (Å²) < 4.78 is 0. The molecule has 1 rings (SSSR count). The van der Waals surface area contributed by atoms with Gasteiger partial charge in [0.05, 0.1) is 0 Å². The number of nitrogens with two attached hydrogens (primary N) is 1. The SMILES string of the molecule is C=CCNC(N)=NCC(=O)Nc1cccc(CC)c1. The zero-order valence-corrected chi connectivity index (χ0v) is 11.1. The van der Waals surface area contributed by atoms with E-state index in [9.17, 15) is 4.79 Å². The first kappa shape index (κ1) is 14.8. The molecule has 0 atom stereocenters. The number of amides is 1. The van der Waals surface area contributed by atoms with E-state index in [4.69, 9.17) is 5.73 Å². The third-order valence-corrected chi connectivity index (χ3v) is 2.44. The molecule has 5 nitrogen and oxygen atoms in total. The van der Waals surface area contributed by atoms with Gasteiger partial charge in [-0.1, -0.05) is 25.1 Å². The van der Waals surface area contributed by atoms with E-state index in [1.165, 1.54) is 5.56 Å². The molecule has 1 amide bonds. The van der Waals surface area contributed by atoms with E-state index in [1.54, 1.807) is 6.08 Å². The van der Waals surface area contributed by atoms with Crippen molar-refractivity contribution in [2.45, 2.75) is 13.3 Å². The van der Waals surface area contributed by atoms with Gasteiger partial charge in [-0.2, -0.15) is 0 Å². The van der Waals surface area contributed by atoms with Gasteiger partial charge in [0.25, 0.3) is 0 Å². The van der Waals surface area contributed by atoms with Gasteiger partial charge >= 0.3 is 0 Å². The number of rotatable bonds is 6. The molecule has 19 heavy (non-hydrogen) atoms. The molecule has 1 aromatic carbocycles. The number of nitrogens with one attached hydrogen (secondary N) is 2. The van der Waals surface area contributed by atoms with Crippen LogP contribution in [0.3, 0.4) is 0 Å². The van der Waals surface area contributed by atoms with Gasteiger partial charge in [0, 0.05) is 12.2 Å². The second-order valence-corrected chi connectivity index (χ2v) is 3.97. The number of carbonyl (C=O) groups excluding carboxylic acids is 1. The molecule has 4 N–H and O–H groups in total. The zero-order chi connectivity index (χ0) is 14.1. The van der Waals surface area contributed by atoms with Crippen molar-refractivity contribution in [3.63, 3.8) is 0 Å². The second kappa shape index (κ2) is 7.92. The molecule has 0 aliphatic rings. The summed E-state index contributed by atoms with van der Waals surface area (Å²) in [5.41, 5.74) is 7.51. The number of benzene rings is 1. The van der Waals surface area contributed by atoms with Crippen molar-refractivity contribution < 1.29 is 4.79 Å². The molecule has 0 saturated heterocycles. The molecule has 0 aliphatic heterocycles. The molecule has 0 bridgehead atoms. The van der Waals surface area contributed by atoms with Crippen LogP contribution in [-0.2, 0) is 11.2 Å². The second-order valence-electron chi connectivity index (χ2n) is 3.97. The fourth-order valence-electron chi connectivity index (χ4n) is 1.46. The number of anilines is 1. The van der Waals surface area contributed by atoms with Gasteiger partial charge in [-0.15, -0.1) is 6.58 Å². The minimum atomic E-state index is -0.198. The van der Waals surface area contributed by atoms with E-state index in [2.05, 4.69) is 29.1 Å². The number of aryl methyl sites for hydroxylation is 1. The van der Waals surface area contributed by atoms with Crippen molar-refractivity contribution in [2.75, 3.05) is 18.4 Å². The predicted molar refractivity (Wildman–Crippen MR) is 79.1 cm³/mol. The standard InChI is InChI=1S/C14H20N4O/c1-3-8-16-14(15)17-10-13(19)18-12-7-5-6-11(4-2)9-12/h3,5-7,9H,1,4,8,10H2,2H3,(H,18,19)(H3,15,16,17). The largest absolute Gasteiger partial charge is 0.370 e. The minimum absolute atomic E-state index is 0.00761. The molecule has 0 radical (unpaired) electrons. The summed E-state index contributed by atoms with van der Waals surface area (Å²) in [4.78, 5) is 15.6. The van der Waals surface area contributed by atoms with Crippen LogP contribution in [0.4, 0.5) is 5.69 Å². The topological polar surface area (TPSA) is 79.5 Å². The lowest BCUT2D eigenvalue weighted by Crippen LogP contribution is -2.32. The van der Waals surface area contributed by atoms with Gasteiger partial charge in [0.15, 0.2) is 5.96 Å². The minimum Gasteiger partial charge on any atom is -0.370 e. The maximum Gasteiger partial charge on any atom is 0.246 e. The maximum absolute atomic E-state index is 11.7. The first-order valence-corrected chi connectivity index (χ1v) is 6.19. The number of carbonyl (C=O) groups is 1. The Labute approximate surface area is 113 Å². The van der Waals surface area contributed by atoms with E-state index >= 15 is 0 Å². The van der Waals surface area contributed by atoms with Crippen molar-refractivity contribution in [2.24, 2.45) is 10.7 Å². The summed E-state index contributed by atoms with van der Waals surface area (Å²) in [6.07, 6.45) is 2.60. The Kier molecular flexibility index (Phi) is 6.15. The van der Waals surface area contributed by atoms with Crippen LogP contribution < -0.4 is 16.4 Å². The lowest BCUT2D eigenvalue weighted by Gasteiger charge is -2.06. The summed E-state index contributed by atoms with van der Waals surface area (Å²) in [6, 6.07) is 7.73. The maximum atomic E-state index is 11.7. The van der Waals surface area contributed by atoms with E-state index in [0.29, 0.717) is 6.54 Å². The quantitative estimate of drug-likeness (QED) is 0.409. The van der Waals surface area contributed by atoms with Crippen LogP contribution in [0.15, 0.2) is 41.9 Å². The number of hydrogen-bond acceptors (Lipinski definition) is 2. The van der Waals surface area contributed by atoms with Crippen LogP contribution in [0.1, 0.15) is 12.5 Å². The molecular formula is C14H20N4O. The highest BCUT2D eigenvalue weighted by Crippen LogP contribution is 2.10. The molecule has 0 fully saturated rings. The predicted octanol–water partition coefficient (Wildman–Crippen LogP) is 1.28. The summed E-state index contributed by atoms with van der Waals surface area (Å²) in [6.45, 7) is 6.13. The van der Waals surface area contributed by atoms with Crippen LogP contribution in [0.5, 0.6) is 0 Å². The molecule has 102 valence electrons. The molecule has 0 aromatic heterocycles. The third kappa shape index (κ3) is 5.72. The third-order valence-electron chi connectivity index (χ3n) is 2.44. The lowest BCUT2D eigenvalue weighted by atomic mass is 10.1. The molecule has 0 saturated carbocycles. The van der Waals surface area contributed by atoms with Crippen molar-refractivity contribution in [1.82, 2.24) is 5.32 Å². The Bertz CT molecular complexity index is 468. The summed E-state index contributed by atoms with van der Waals surface area (Å²) in [7, 11) is 0. The number of nitrogens with zero attached hydrogens (tertiary/aromatic N) is 1. The average molecular weight is 260 g/mol. The van der Waals surface area contributed by atoms with Crippen molar-refractivity contribution >= 4 is 17.6 Å². The molecule has 1 aromatic rings. The molecular weight excluding hydrogens is 240 g/mol. The van der Waals surface area contributed by atoms with Gasteiger partial charge < -0.3 is 16.4 Å². The van der Waals surface area contributed by atoms with Crippen molar-refractivity contribution in [1.29, 1.82) is 0 Å². The number of guanidine groups is 1. The first-order valence-electron chi connectivity index (χ1n) is 6.19. The lowest BCUT2D eigenvalue weighted by molar-refractivity contribution is -0.114. The van der Waals surface area contributed by atoms with E-state index in [-0.39, 0.29) is 18.4 Å². The summed E-state index contributed by atoms with van der Waals surface area (Å²) >= 11 is 0. The summed E-state index contributed by atoms with van der Waals surface area (Å²) in [5, 5.41) is 5.58. The van der Waals surface area contributed by atoms with Crippen LogP contribution >= 0.6 is 0 Å². The fourth-order valence-corrected chi connectivity index (χ4v) is 1.46. The summed E-state index contributed by atoms with van der Waals surface area (Å²) in [5.74, 6) is 0.0361. The molecule has 0 spiro atoms. The molecule has 0 aliphatic carbocycles. The van der Waals surface area contributed by atoms with Crippen LogP contribution in [0.25, 0.3) is 0 Å². The first-order chi connectivity index (χ1) is 9.15. The van der Waals surface area contributed by atoms with Crippen LogP contribution in [0.2, 0.25) is 0 Å². The number of aliphatic imine (C=N–C) groups is 1.